The summed E-state index contributed by atoms with van der Waals surface area (Å²) < 4.78 is 16.6. The van der Waals surface area contributed by atoms with Crippen molar-refractivity contribution in [3.8, 4) is 11.1 Å². The van der Waals surface area contributed by atoms with Crippen LogP contribution in [0.1, 0.15) is 43.2 Å². The minimum absolute atomic E-state index is 0.0422. The molecule has 4 nitrogen and oxygen atoms in total. The van der Waals surface area contributed by atoms with E-state index in [9.17, 15) is 4.79 Å². The summed E-state index contributed by atoms with van der Waals surface area (Å²) in [6.45, 7) is 3.96. The number of carbonyl (C=O) groups is 1. The van der Waals surface area contributed by atoms with Crippen molar-refractivity contribution < 1.29 is 19.0 Å². The van der Waals surface area contributed by atoms with Crippen LogP contribution in [0.15, 0.2) is 59.7 Å². The van der Waals surface area contributed by atoms with E-state index >= 15 is 0 Å². The maximum absolute atomic E-state index is 12.1. The number of esters is 1. The Balaban J connectivity index is 1.19. The molecule has 0 atom stereocenters. The van der Waals surface area contributed by atoms with Crippen molar-refractivity contribution in [1.82, 2.24) is 0 Å². The Morgan fingerprint density at radius 1 is 0.897 bits per heavy atom. The minimum Gasteiger partial charge on any atom is -0.463 e. The van der Waals surface area contributed by atoms with Crippen LogP contribution in [0.25, 0.3) is 11.1 Å². The van der Waals surface area contributed by atoms with Crippen molar-refractivity contribution in [3.05, 3.63) is 70.8 Å². The minimum atomic E-state index is -0.334. The zero-order valence-corrected chi connectivity index (χ0v) is 17.0. The van der Waals surface area contributed by atoms with Crippen LogP contribution in [0.4, 0.5) is 0 Å². The van der Waals surface area contributed by atoms with E-state index < -0.39 is 0 Å². The molecule has 0 amide bonds. The quantitative estimate of drug-likeness (QED) is 0.347. The SMILES string of the molecule is CC(COCCOCC(=O)OCC1c2ccccc2-c2ccccc21)=C1CCC1. The average Bonchev–Trinajstić information content (AvgIpc) is 3.01. The van der Waals surface area contributed by atoms with Gasteiger partial charge in [-0.2, -0.15) is 0 Å². The van der Waals surface area contributed by atoms with Crippen molar-refractivity contribution in [2.75, 3.05) is 33.0 Å². The number of hydrogen-bond acceptors (Lipinski definition) is 4. The molecule has 152 valence electrons. The predicted octanol–water partition coefficient (Wildman–Crippen LogP) is 4.88. The fourth-order valence-electron chi connectivity index (χ4n) is 4.04. The van der Waals surface area contributed by atoms with Crippen LogP contribution in [0, 0.1) is 0 Å². The highest BCUT2D eigenvalue weighted by Crippen LogP contribution is 2.44. The van der Waals surface area contributed by atoms with Gasteiger partial charge in [0.25, 0.3) is 0 Å². The molecule has 2 aliphatic carbocycles. The number of fused-ring (bicyclic) bond motifs is 3. The molecule has 29 heavy (non-hydrogen) atoms. The Kier molecular flexibility index (Phi) is 6.43. The van der Waals surface area contributed by atoms with Gasteiger partial charge in [-0.25, -0.2) is 4.79 Å². The lowest BCUT2D eigenvalue weighted by Gasteiger charge is -2.20. The molecular formula is C25H28O4. The van der Waals surface area contributed by atoms with Crippen molar-refractivity contribution in [1.29, 1.82) is 0 Å². The van der Waals surface area contributed by atoms with Gasteiger partial charge in [0.15, 0.2) is 0 Å². The molecular weight excluding hydrogens is 364 g/mol. The topological polar surface area (TPSA) is 44.8 Å². The molecule has 1 fully saturated rings. The zero-order valence-electron chi connectivity index (χ0n) is 17.0. The van der Waals surface area contributed by atoms with Crippen LogP contribution >= 0.6 is 0 Å². The van der Waals surface area contributed by atoms with Crippen LogP contribution < -0.4 is 0 Å². The van der Waals surface area contributed by atoms with Gasteiger partial charge >= 0.3 is 5.97 Å². The summed E-state index contributed by atoms with van der Waals surface area (Å²) in [6.07, 6.45) is 3.73. The monoisotopic (exact) mass is 392 g/mol. The van der Waals surface area contributed by atoms with Crippen LogP contribution in [0.2, 0.25) is 0 Å². The van der Waals surface area contributed by atoms with Gasteiger partial charge in [-0.05, 0) is 54.0 Å². The third kappa shape index (κ3) is 4.60. The van der Waals surface area contributed by atoms with Gasteiger partial charge < -0.3 is 14.2 Å². The lowest BCUT2D eigenvalue weighted by Crippen LogP contribution is -2.18. The van der Waals surface area contributed by atoms with Gasteiger partial charge in [-0.1, -0.05) is 54.1 Å². The first-order valence-corrected chi connectivity index (χ1v) is 10.4. The summed E-state index contributed by atoms with van der Waals surface area (Å²) in [7, 11) is 0. The third-order valence-corrected chi connectivity index (χ3v) is 5.84. The first-order valence-electron chi connectivity index (χ1n) is 10.4. The molecule has 0 radical (unpaired) electrons. The molecule has 2 aromatic rings. The van der Waals surface area contributed by atoms with Crippen molar-refractivity contribution in [2.24, 2.45) is 0 Å². The third-order valence-electron chi connectivity index (χ3n) is 5.84. The maximum atomic E-state index is 12.1. The Morgan fingerprint density at radius 2 is 1.48 bits per heavy atom. The van der Waals surface area contributed by atoms with Gasteiger partial charge in [-0.15, -0.1) is 0 Å². The van der Waals surface area contributed by atoms with Crippen molar-refractivity contribution in [2.45, 2.75) is 32.1 Å². The standard InChI is InChI=1S/C25H28O4/c1-18(19-7-6-8-19)15-27-13-14-28-17-25(26)29-16-24-22-11-4-2-9-20(22)21-10-3-5-12-23(21)24/h2-5,9-12,24H,6-8,13-17H2,1H3. The van der Waals surface area contributed by atoms with E-state index in [4.69, 9.17) is 14.2 Å². The van der Waals surface area contributed by atoms with Crippen LogP contribution in [0.3, 0.4) is 0 Å². The van der Waals surface area contributed by atoms with E-state index in [1.165, 1.54) is 52.7 Å². The normalized spacial score (nSPS) is 14.9. The molecule has 0 heterocycles. The molecule has 0 bridgehead atoms. The zero-order chi connectivity index (χ0) is 20.1. The number of benzene rings is 2. The van der Waals surface area contributed by atoms with Gasteiger partial charge in [0.05, 0.1) is 19.8 Å². The summed E-state index contributed by atoms with van der Waals surface area (Å²) in [6, 6.07) is 16.6. The Labute approximate surface area is 172 Å². The number of hydrogen-bond donors (Lipinski definition) is 0. The summed E-state index contributed by atoms with van der Waals surface area (Å²) in [5, 5.41) is 0. The Morgan fingerprint density at radius 3 is 2.07 bits per heavy atom. The van der Waals surface area contributed by atoms with E-state index in [0.717, 1.165) is 0 Å². The number of carbonyl (C=O) groups excluding carboxylic acids is 1. The van der Waals surface area contributed by atoms with E-state index in [1.807, 2.05) is 24.3 Å². The summed E-state index contributed by atoms with van der Waals surface area (Å²) in [5.74, 6) is -0.253. The predicted molar refractivity (Wildman–Crippen MR) is 113 cm³/mol. The second-order valence-electron chi connectivity index (χ2n) is 7.75. The molecule has 1 saturated carbocycles. The first kappa shape index (κ1) is 19.9. The number of rotatable bonds is 9. The van der Waals surface area contributed by atoms with Crippen molar-refractivity contribution >= 4 is 5.97 Å². The summed E-state index contributed by atoms with van der Waals surface area (Å²) in [4.78, 5) is 12.1. The summed E-state index contributed by atoms with van der Waals surface area (Å²) >= 11 is 0. The summed E-state index contributed by atoms with van der Waals surface area (Å²) in [5.41, 5.74) is 7.75. The second-order valence-corrected chi connectivity index (χ2v) is 7.75. The molecule has 0 N–H and O–H groups in total. The molecule has 0 spiro atoms. The molecule has 0 aliphatic heterocycles. The van der Waals surface area contributed by atoms with E-state index in [2.05, 4.69) is 31.2 Å². The molecule has 4 heteroatoms. The fraction of sp³-hybridized carbons (Fsp3) is 0.400. The van der Waals surface area contributed by atoms with Gasteiger partial charge in [-0.3, -0.25) is 0 Å². The maximum Gasteiger partial charge on any atom is 0.332 e. The largest absolute Gasteiger partial charge is 0.463 e. The molecule has 0 unspecified atom stereocenters. The Bertz CT molecular complexity index is 848. The highest BCUT2D eigenvalue weighted by atomic mass is 16.6. The van der Waals surface area contributed by atoms with Gasteiger partial charge in [0.1, 0.15) is 13.2 Å². The van der Waals surface area contributed by atoms with Crippen molar-refractivity contribution in [3.63, 3.8) is 0 Å². The molecule has 2 aliphatic rings. The molecule has 0 aromatic heterocycles. The molecule has 4 rings (SSSR count). The lowest BCUT2D eigenvalue weighted by atomic mass is 9.89. The highest BCUT2D eigenvalue weighted by molar-refractivity contribution is 5.79. The van der Waals surface area contributed by atoms with E-state index in [0.29, 0.717) is 26.4 Å². The first-order chi connectivity index (χ1) is 14.2. The Hall–Kier alpha value is -2.43. The average molecular weight is 392 g/mol. The van der Waals surface area contributed by atoms with Crippen LogP contribution in [0.5, 0.6) is 0 Å². The second kappa shape index (κ2) is 9.38. The van der Waals surface area contributed by atoms with Crippen LogP contribution in [-0.2, 0) is 19.0 Å². The van der Waals surface area contributed by atoms with Gasteiger partial charge in [0, 0.05) is 5.92 Å². The van der Waals surface area contributed by atoms with E-state index in [-0.39, 0.29) is 18.5 Å². The lowest BCUT2D eigenvalue weighted by molar-refractivity contribution is -0.149. The highest BCUT2D eigenvalue weighted by Gasteiger charge is 2.28. The molecule has 2 aromatic carbocycles. The fourth-order valence-corrected chi connectivity index (χ4v) is 4.04. The number of ether oxygens (including phenoxy) is 3. The van der Waals surface area contributed by atoms with E-state index in [1.54, 1.807) is 0 Å². The number of allylic oxidation sites excluding steroid dienone is 1. The van der Waals surface area contributed by atoms with Gasteiger partial charge in [0.2, 0.25) is 0 Å². The van der Waals surface area contributed by atoms with Crippen LogP contribution in [-0.4, -0.2) is 39.0 Å². The smallest absolute Gasteiger partial charge is 0.332 e. The molecule has 0 saturated heterocycles.